The molecule has 0 aliphatic carbocycles. The van der Waals surface area contributed by atoms with Gasteiger partial charge in [-0.05, 0) is 45.0 Å². The van der Waals surface area contributed by atoms with Gasteiger partial charge in [-0.3, -0.25) is 4.79 Å². The molecular formula is C12H18N2O. The molecule has 1 aliphatic rings. The Morgan fingerprint density at radius 1 is 1.27 bits per heavy atom. The highest BCUT2D eigenvalue weighted by Gasteiger charge is 2.10. The normalized spacial score (nSPS) is 17.1. The number of aldehydes is 1. The molecule has 0 N–H and O–H groups in total. The van der Waals surface area contributed by atoms with Gasteiger partial charge in [-0.15, -0.1) is 0 Å². The average Bonchev–Trinajstić information content (AvgIpc) is 2.88. The van der Waals surface area contributed by atoms with Crippen LogP contribution in [0.1, 0.15) is 29.6 Å². The molecule has 0 saturated carbocycles. The Bertz CT molecular complexity index is 313. The molecule has 3 nitrogen and oxygen atoms in total. The summed E-state index contributed by atoms with van der Waals surface area (Å²) in [6.07, 6.45) is 8.69. The van der Waals surface area contributed by atoms with Crippen LogP contribution in [0.5, 0.6) is 0 Å². The smallest absolute Gasteiger partial charge is 0.151 e. The predicted octanol–water partition coefficient (Wildman–Crippen LogP) is 1.79. The van der Waals surface area contributed by atoms with Crippen LogP contribution in [0.25, 0.3) is 0 Å². The van der Waals surface area contributed by atoms with E-state index in [1.165, 1.54) is 38.9 Å². The van der Waals surface area contributed by atoms with Crippen LogP contribution < -0.4 is 0 Å². The van der Waals surface area contributed by atoms with Crippen LogP contribution in [-0.2, 0) is 6.54 Å². The summed E-state index contributed by atoms with van der Waals surface area (Å²) in [5.74, 6) is 0. The molecular weight excluding hydrogens is 188 g/mol. The van der Waals surface area contributed by atoms with E-state index in [0.29, 0.717) is 0 Å². The fourth-order valence-electron chi connectivity index (χ4n) is 2.15. The van der Waals surface area contributed by atoms with E-state index in [4.69, 9.17) is 0 Å². The Labute approximate surface area is 90.7 Å². The van der Waals surface area contributed by atoms with Crippen LogP contribution in [0.2, 0.25) is 0 Å². The van der Waals surface area contributed by atoms with E-state index in [1.54, 1.807) is 0 Å². The van der Waals surface area contributed by atoms with Gasteiger partial charge in [-0.1, -0.05) is 0 Å². The molecule has 1 aromatic heterocycles. The maximum Gasteiger partial charge on any atom is 0.151 e. The Hall–Kier alpha value is -1.09. The Balaban J connectivity index is 1.70. The minimum absolute atomic E-state index is 0.774. The largest absolute Gasteiger partial charge is 0.353 e. The second kappa shape index (κ2) is 5.12. The number of aryl methyl sites for hydroxylation is 1. The fourth-order valence-corrected chi connectivity index (χ4v) is 2.15. The lowest BCUT2D eigenvalue weighted by molar-refractivity contribution is 0.112. The third-order valence-corrected chi connectivity index (χ3v) is 3.00. The number of likely N-dealkylation sites (tertiary alicyclic amines) is 1. The molecule has 15 heavy (non-hydrogen) atoms. The predicted molar refractivity (Wildman–Crippen MR) is 60.1 cm³/mol. The van der Waals surface area contributed by atoms with Gasteiger partial charge < -0.3 is 9.47 Å². The van der Waals surface area contributed by atoms with E-state index in [2.05, 4.69) is 9.47 Å². The van der Waals surface area contributed by atoms with Gasteiger partial charge in [-0.25, -0.2) is 0 Å². The number of rotatable bonds is 5. The molecule has 0 aromatic carbocycles. The first-order chi connectivity index (χ1) is 7.38. The zero-order valence-electron chi connectivity index (χ0n) is 9.06. The highest BCUT2D eigenvalue weighted by molar-refractivity contribution is 5.74. The van der Waals surface area contributed by atoms with Crippen molar-refractivity contribution in [2.45, 2.75) is 25.8 Å². The molecule has 2 heterocycles. The van der Waals surface area contributed by atoms with Gasteiger partial charge >= 0.3 is 0 Å². The van der Waals surface area contributed by atoms with Gasteiger partial charge in [0.1, 0.15) is 0 Å². The Kier molecular flexibility index (Phi) is 3.56. The summed E-state index contributed by atoms with van der Waals surface area (Å²) in [5.41, 5.74) is 0.774. The maximum atomic E-state index is 10.5. The summed E-state index contributed by atoms with van der Waals surface area (Å²) in [6.45, 7) is 4.75. The van der Waals surface area contributed by atoms with Crippen molar-refractivity contribution in [3.8, 4) is 0 Å². The van der Waals surface area contributed by atoms with Crippen molar-refractivity contribution in [2.24, 2.45) is 0 Å². The van der Waals surface area contributed by atoms with E-state index in [9.17, 15) is 4.79 Å². The van der Waals surface area contributed by atoms with Gasteiger partial charge in [0, 0.05) is 24.5 Å². The van der Waals surface area contributed by atoms with E-state index < -0.39 is 0 Å². The summed E-state index contributed by atoms with van der Waals surface area (Å²) in [6, 6.07) is 1.86. The van der Waals surface area contributed by atoms with Crippen molar-refractivity contribution in [3.63, 3.8) is 0 Å². The first-order valence-corrected chi connectivity index (χ1v) is 5.72. The molecule has 1 saturated heterocycles. The molecule has 0 spiro atoms. The second-order valence-electron chi connectivity index (χ2n) is 4.20. The molecule has 0 amide bonds. The van der Waals surface area contributed by atoms with Crippen molar-refractivity contribution >= 4 is 6.29 Å². The first kappa shape index (κ1) is 10.4. The van der Waals surface area contributed by atoms with Crippen molar-refractivity contribution < 1.29 is 4.79 Å². The van der Waals surface area contributed by atoms with Gasteiger partial charge in [0.25, 0.3) is 0 Å². The van der Waals surface area contributed by atoms with Crippen molar-refractivity contribution in [1.29, 1.82) is 0 Å². The van der Waals surface area contributed by atoms with Crippen LogP contribution in [-0.4, -0.2) is 35.4 Å². The molecule has 1 aliphatic heterocycles. The molecule has 0 bridgehead atoms. The standard InChI is InChI=1S/C12H18N2O/c15-11-12-4-9-14(10-12)8-3-7-13-5-1-2-6-13/h4,9-11H,1-3,5-8H2. The van der Waals surface area contributed by atoms with Gasteiger partial charge in [0.15, 0.2) is 6.29 Å². The van der Waals surface area contributed by atoms with Crippen molar-refractivity contribution in [3.05, 3.63) is 24.0 Å². The summed E-state index contributed by atoms with van der Waals surface area (Å²) >= 11 is 0. The number of carbonyl (C=O) groups is 1. The highest BCUT2D eigenvalue weighted by atomic mass is 16.1. The third kappa shape index (κ3) is 2.93. The topological polar surface area (TPSA) is 25.2 Å². The van der Waals surface area contributed by atoms with E-state index in [0.717, 1.165) is 18.4 Å². The molecule has 0 radical (unpaired) electrons. The maximum absolute atomic E-state index is 10.5. The zero-order chi connectivity index (χ0) is 10.5. The number of hydrogen-bond donors (Lipinski definition) is 0. The minimum atomic E-state index is 0.774. The van der Waals surface area contributed by atoms with Crippen LogP contribution in [0.3, 0.4) is 0 Å². The van der Waals surface area contributed by atoms with Crippen molar-refractivity contribution in [2.75, 3.05) is 19.6 Å². The zero-order valence-corrected chi connectivity index (χ0v) is 9.06. The summed E-state index contributed by atoms with van der Waals surface area (Å²) in [5, 5.41) is 0. The Morgan fingerprint density at radius 2 is 2.07 bits per heavy atom. The highest BCUT2D eigenvalue weighted by Crippen LogP contribution is 2.08. The van der Waals surface area contributed by atoms with Crippen LogP contribution in [0, 0.1) is 0 Å². The number of aromatic nitrogens is 1. The number of hydrogen-bond acceptors (Lipinski definition) is 2. The van der Waals surface area contributed by atoms with Gasteiger partial charge in [0.05, 0.1) is 0 Å². The average molecular weight is 206 g/mol. The minimum Gasteiger partial charge on any atom is -0.353 e. The quantitative estimate of drug-likeness (QED) is 0.686. The molecule has 2 rings (SSSR count). The summed E-state index contributed by atoms with van der Waals surface area (Å²) in [4.78, 5) is 13.0. The lowest BCUT2D eigenvalue weighted by Crippen LogP contribution is -2.21. The first-order valence-electron chi connectivity index (χ1n) is 5.72. The monoisotopic (exact) mass is 206 g/mol. The molecule has 0 unspecified atom stereocenters. The fraction of sp³-hybridized carbons (Fsp3) is 0.583. The van der Waals surface area contributed by atoms with Gasteiger partial charge in [-0.2, -0.15) is 0 Å². The SMILES string of the molecule is O=Cc1ccn(CCCN2CCCC2)c1. The molecule has 3 heteroatoms. The Morgan fingerprint density at radius 3 is 2.73 bits per heavy atom. The van der Waals surface area contributed by atoms with E-state index >= 15 is 0 Å². The second-order valence-corrected chi connectivity index (χ2v) is 4.20. The van der Waals surface area contributed by atoms with Crippen LogP contribution >= 0.6 is 0 Å². The van der Waals surface area contributed by atoms with Crippen molar-refractivity contribution in [1.82, 2.24) is 9.47 Å². The van der Waals surface area contributed by atoms with Crippen LogP contribution in [0.15, 0.2) is 18.5 Å². The van der Waals surface area contributed by atoms with Gasteiger partial charge in [0.2, 0.25) is 0 Å². The molecule has 1 fully saturated rings. The van der Waals surface area contributed by atoms with Crippen LogP contribution in [0.4, 0.5) is 0 Å². The summed E-state index contributed by atoms with van der Waals surface area (Å²) in [7, 11) is 0. The lowest BCUT2D eigenvalue weighted by Gasteiger charge is -2.14. The molecule has 82 valence electrons. The van der Waals surface area contributed by atoms with E-state index in [-0.39, 0.29) is 0 Å². The molecule has 1 aromatic rings. The van der Waals surface area contributed by atoms with E-state index in [1.807, 2.05) is 18.5 Å². The number of carbonyl (C=O) groups excluding carboxylic acids is 1. The lowest BCUT2D eigenvalue weighted by atomic mass is 10.4. The number of nitrogens with zero attached hydrogens (tertiary/aromatic N) is 2. The summed E-state index contributed by atoms with van der Waals surface area (Å²) < 4.78 is 2.10. The third-order valence-electron chi connectivity index (χ3n) is 3.00. The molecule has 0 atom stereocenters.